The Kier molecular flexibility index (Phi) is 2.25. The standard InChI is InChI=1S/C12H11N3O4/c13-9(16)8-5-12(10(17)14-11(18)15-12)6-3-1-2-4-7(6)19-8/h1-4,8H,5H2,(H2,13,16)(H2,14,15,17,18). The number of carbonyl (C=O) groups is 3. The number of benzene rings is 1. The summed E-state index contributed by atoms with van der Waals surface area (Å²) in [6.07, 6.45) is -0.976. The summed E-state index contributed by atoms with van der Waals surface area (Å²) < 4.78 is 5.46. The predicted molar refractivity (Wildman–Crippen MR) is 63.0 cm³/mol. The van der Waals surface area contributed by atoms with Crippen molar-refractivity contribution in [1.29, 1.82) is 0 Å². The molecule has 2 heterocycles. The van der Waals surface area contributed by atoms with Crippen LogP contribution in [0.3, 0.4) is 0 Å². The molecule has 1 aromatic carbocycles. The van der Waals surface area contributed by atoms with Crippen molar-refractivity contribution >= 4 is 17.8 Å². The third-order valence-corrected chi connectivity index (χ3v) is 3.37. The van der Waals surface area contributed by atoms with Crippen LogP contribution in [0.1, 0.15) is 12.0 Å². The Balaban J connectivity index is 2.16. The number of ether oxygens (including phenoxy) is 1. The Morgan fingerprint density at radius 2 is 2.11 bits per heavy atom. The van der Waals surface area contributed by atoms with Gasteiger partial charge in [0.25, 0.3) is 11.8 Å². The van der Waals surface area contributed by atoms with E-state index in [1.807, 2.05) is 0 Å². The molecule has 0 saturated carbocycles. The molecule has 0 bridgehead atoms. The van der Waals surface area contributed by atoms with Crippen LogP contribution in [0.2, 0.25) is 0 Å². The Morgan fingerprint density at radius 1 is 1.37 bits per heavy atom. The summed E-state index contributed by atoms with van der Waals surface area (Å²) in [6, 6.07) is 6.16. The zero-order valence-corrected chi connectivity index (χ0v) is 9.80. The third kappa shape index (κ3) is 1.55. The number of hydrogen-bond acceptors (Lipinski definition) is 4. The van der Waals surface area contributed by atoms with Crippen molar-refractivity contribution in [3.63, 3.8) is 0 Å². The average molecular weight is 261 g/mol. The number of primary amides is 1. The van der Waals surface area contributed by atoms with Crippen LogP contribution in [-0.4, -0.2) is 23.9 Å². The van der Waals surface area contributed by atoms with Gasteiger partial charge in [0.1, 0.15) is 5.75 Å². The van der Waals surface area contributed by atoms with Gasteiger partial charge in [0, 0.05) is 12.0 Å². The molecule has 0 radical (unpaired) electrons. The highest BCUT2D eigenvalue weighted by Crippen LogP contribution is 2.40. The first-order chi connectivity index (χ1) is 9.03. The Bertz CT molecular complexity index is 600. The summed E-state index contributed by atoms with van der Waals surface area (Å²) in [5, 5.41) is 4.75. The van der Waals surface area contributed by atoms with Crippen molar-refractivity contribution < 1.29 is 19.1 Å². The topological polar surface area (TPSA) is 111 Å². The molecular formula is C12H11N3O4. The first kappa shape index (κ1) is 11.5. The predicted octanol–water partition coefficient (Wildman–Crippen LogP) is -0.642. The summed E-state index contributed by atoms with van der Waals surface area (Å²) in [5.74, 6) is -0.808. The number of carbonyl (C=O) groups excluding carboxylic acids is 3. The zero-order chi connectivity index (χ0) is 13.6. The van der Waals surface area contributed by atoms with Gasteiger partial charge in [0.2, 0.25) is 0 Å². The van der Waals surface area contributed by atoms with E-state index >= 15 is 0 Å². The molecule has 7 nitrogen and oxygen atoms in total. The van der Waals surface area contributed by atoms with E-state index in [0.717, 1.165) is 0 Å². The Hall–Kier alpha value is -2.57. The molecule has 1 saturated heterocycles. The highest BCUT2D eigenvalue weighted by atomic mass is 16.5. The van der Waals surface area contributed by atoms with E-state index in [2.05, 4.69) is 10.6 Å². The molecule has 4 amide bonds. The number of nitrogens with one attached hydrogen (secondary N) is 2. The van der Waals surface area contributed by atoms with Crippen LogP contribution in [0.25, 0.3) is 0 Å². The van der Waals surface area contributed by atoms with E-state index < -0.39 is 29.5 Å². The molecule has 0 aliphatic carbocycles. The monoisotopic (exact) mass is 261 g/mol. The number of imide groups is 1. The summed E-state index contributed by atoms with van der Waals surface area (Å²) in [4.78, 5) is 34.8. The summed E-state index contributed by atoms with van der Waals surface area (Å²) >= 11 is 0. The number of amides is 4. The zero-order valence-electron chi connectivity index (χ0n) is 9.80. The van der Waals surface area contributed by atoms with Crippen molar-refractivity contribution in [2.45, 2.75) is 18.1 Å². The van der Waals surface area contributed by atoms with Crippen LogP contribution >= 0.6 is 0 Å². The lowest BCUT2D eigenvalue weighted by Gasteiger charge is -2.36. The van der Waals surface area contributed by atoms with Gasteiger partial charge in [-0.25, -0.2) is 4.79 Å². The summed E-state index contributed by atoms with van der Waals surface area (Å²) in [7, 11) is 0. The lowest BCUT2D eigenvalue weighted by atomic mass is 9.81. The second-order valence-electron chi connectivity index (χ2n) is 4.52. The minimum atomic E-state index is -1.29. The number of fused-ring (bicyclic) bond motifs is 2. The van der Waals surface area contributed by atoms with Crippen molar-refractivity contribution in [1.82, 2.24) is 10.6 Å². The fourth-order valence-electron chi connectivity index (χ4n) is 2.49. The van der Waals surface area contributed by atoms with Gasteiger partial charge in [-0.15, -0.1) is 0 Å². The van der Waals surface area contributed by atoms with Crippen LogP contribution in [-0.2, 0) is 15.1 Å². The van der Waals surface area contributed by atoms with Crippen molar-refractivity contribution in [2.75, 3.05) is 0 Å². The van der Waals surface area contributed by atoms with E-state index in [0.29, 0.717) is 11.3 Å². The van der Waals surface area contributed by atoms with Crippen LogP contribution in [0, 0.1) is 0 Å². The maximum Gasteiger partial charge on any atom is 0.322 e. The number of hydrogen-bond donors (Lipinski definition) is 3. The molecule has 2 aliphatic heterocycles. The molecule has 1 spiro atoms. The van der Waals surface area contributed by atoms with Gasteiger partial charge in [0.05, 0.1) is 0 Å². The van der Waals surface area contributed by atoms with Gasteiger partial charge in [0.15, 0.2) is 11.6 Å². The minimum absolute atomic E-state index is 0.0169. The van der Waals surface area contributed by atoms with Crippen molar-refractivity contribution in [2.24, 2.45) is 5.73 Å². The first-order valence-corrected chi connectivity index (χ1v) is 5.72. The fraction of sp³-hybridized carbons (Fsp3) is 0.250. The van der Waals surface area contributed by atoms with Gasteiger partial charge < -0.3 is 15.8 Å². The van der Waals surface area contributed by atoms with Gasteiger partial charge in [-0.2, -0.15) is 0 Å². The van der Waals surface area contributed by atoms with E-state index in [1.165, 1.54) is 0 Å². The van der Waals surface area contributed by atoms with Gasteiger partial charge in [-0.1, -0.05) is 18.2 Å². The molecular weight excluding hydrogens is 250 g/mol. The molecule has 3 rings (SSSR count). The summed E-state index contributed by atoms with van der Waals surface area (Å²) in [6.45, 7) is 0. The fourth-order valence-corrected chi connectivity index (χ4v) is 2.49. The second kappa shape index (κ2) is 3.71. The molecule has 2 atom stereocenters. The molecule has 7 heteroatoms. The molecule has 0 aromatic heterocycles. The van der Waals surface area contributed by atoms with Crippen LogP contribution < -0.4 is 21.1 Å². The van der Waals surface area contributed by atoms with Gasteiger partial charge >= 0.3 is 6.03 Å². The quantitative estimate of drug-likeness (QED) is 0.584. The Morgan fingerprint density at radius 3 is 2.74 bits per heavy atom. The normalized spacial score (nSPS) is 28.3. The molecule has 19 heavy (non-hydrogen) atoms. The minimum Gasteiger partial charge on any atom is -0.480 e. The maximum absolute atomic E-state index is 12.1. The lowest BCUT2D eigenvalue weighted by Crippen LogP contribution is -2.53. The molecule has 98 valence electrons. The third-order valence-electron chi connectivity index (χ3n) is 3.37. The van der Waals surface area contributed by atoms with E-state index in [9.17, 15) is 14.4 Å². The smallest absolute Gasteiger partial charge is 0.322 e. The van der Waals surface area contributed by atoms with Crippen LogP contribution in [0.4, 0.5) is 4.79 Å². The van der Waals surface area contributed by atoms with E-state index in [-0.39, 0.29) is 6.42 Å². The van der Waals surface area contributed by atoms with Crippen molar-refractivity contribution in [3.05, 3.63) is 29.8 Å². The van der Waals surface area contributed by atoms with Crippen LogP contribution in [0.5, 0.6) is 5.75 Å². The molecule has 1 fully saturated rings. The molecule has 2 aliphatic rings. The lowest BCUT2D eigenvalue weighted by molar-refractivity contribution is -0.130. The Labute approximate surface area is 108 Å². The van der Waals surface area contributed by atoms with Gasteiger partial charge in [-0.3, -0.25) is 14.9 Å². The molecule has 1 aromatic rings. The molecule has 2 unspecified atom stereocenters. The SMILES string of the molecule is NC(=O)C1CC2(NC(=O)NC2=O)c2ccccc2O1. The highest BCUT2D eigenvalue weighted by Gasteiger charge is 2.54. The van der Waals surface area contributed by atoms with Crippen molar-refractivity contribution in [3.8, 4) is 5.75 Å². The largest absolute Gasteiger partial charge is 0.480 e. The number of urea groups is 1. The first-order valence-electron chi connectivity index (χ1n) is 5.72. The second-order valence-corrected chi connectivity index (χ2v) is 4.52. The number of para-hydroxylation sites is 1. The van der Waals surface area contributed by atoms with E-state index in [4.69, 9.17) is 10.5 Å². The maximum atomic E-state index is 12.1. The van der Waals surface area contributed by atoms with Gasteiger partial charge in [-0.05, 0) is 6.07 Å². The number of nitrogens with two attached hydrogens (primary N) is 1. The van der Waals surface area contributed by atoms with E-state index in [1.54, 1.807) is 24.3 Å². The number of rotatable bonds is 1. The average Bonchev–Trinajstić information content (AvgIpc) is 2.64. The molecule has 4 N–H and O–H groups in total. The van der Waals surface area contributed by atoms with Crippen LogP contribution in [0.15, 0.2) is 24.3 Å². The summed E-state index contributed by atoms with van der Waals surface area (Å²) in [5.41, 5.74) is 4.48. The highest BCUT2D eigenvalue weighted by molar-refractivity contribution is 6.08.